The van der Waals surface area contributed by atoms with Gasteiger partial charge in [0.1, 0.15) is 17.2 Å². The van der Waals surface area contributed by atoms with Crippen LogP contribution < -0.4 is 5.32 Å². The molecule has 1 atom stereocenters. The number of pyridine rings is 1. The minimum Gasteiger partial charge on any atom is -0.363 e. The molecule has 3 nitrogen and oxygen atoms in total. The third kappa shape index (κ3) is 4.16. The van der Waals surface area contributed by atoms with Crippen LogP contribution in [0.2, 0.25) is 0 Å². The fourth-order valence-electron chi connectivity index (χ4n) is 3.68. The fourth-order valence-corrected chi connectivity index (χ4v) is 4.53. The third-order valence-electron chi connectivity index (χ3n) is 5.36. The van der Waals surface area contributed by atoms with E-state index in [4.69, 9.17) is 4.98 Å². The molecule has 2 aromatic carbocycles. The van der Waals surface area contributed by atoms with Gasteiger partial charge in [0.15, 0.2) is 0 Å². The molecule has 5 rings (SSSR count). The first-order valence-electron chi connectivity index (χ1n) is 10.6. The number of fused-ring (bicyclic) bond motifs is 1. The molecule has 3 heterocycles. The molecule has 0 amide bonds. The Labute approximate surface area is 192 Å². The molecule has 4 heteroatoms. The molecule has 3 aromatic heterocycles. The fraction of sp³-hybridized carbons (Fsp3) is 0.107. The second-order valence-corrected chi connectivity index (χ2v) is 8.88. The lowest BCUT2D eigenvalue weighted by Crippen LogP contribution is -2.09. The number of anilines is 1. The number of thiophene rings is 1. The van der Waals surface area contributed by atoms with Crippen molar-refractivity contribution in [1.82, 2.24) is 9.38 Å². The van der Waals surface area contributed by atoms with E-state index in [2.05, 4.69) is 90.1 Å². The van der Waals surface area contributed by atoms with E-state index < -0.39 is 0 Å². The van der Waals surface area contributed by atoms with Gasteiger partial charge in [-0.05, 0) is 55.3 Å². The number of rotatable bonds is 4. The van der Waals surface area contributed by atoms with Gasteiger partial charge in [0.2, 0.25) is 0 Å². The third-order valence-corrected chi connectivity index (χ3v) is 6.37. The average molecular weight is 434 g/mol. The maximum atomic E-state index is 4.97. The Morgan fingerprint density at radius 2 is 1.62 bits per heavy atom. The predicted octanol–water partition coefficient (Wildman–Crippen LogP) is 6.94. The Bertz CT molecular complexity index is 1420. The van der Waals surface area contributed by atoms with E-state index >= 15 is 0 Å². The zero-order valence-electron chi connectivity index (χ0n) is 18.0. The van der Waals surface area contributed by atoms with Crippen LogP contribution in [0.4, 0.5) is 5.82 Å². The summed E-state index contributed by atoms with van der Waals surface area (Å²) in [5.41, 5.74) is 5.33. The van der Waals surface area contributed by atoms with E-state index in [1.54, 1.807) is 11.3 Å². The van der Waals surface area contributed by atoms with Crippen LogP contribution in [-0.2, 0) is 0 Å². The van der Waals surface area contributed by atoms with Gasteiger partial charge < -0.3 is 5.32 Å². The van der Waals surface area contributed by atoms with Gasteiger partial charge in [0, 0.05) is 17.8 Å². The number of aryl methyl sites for hydroxylation is 1. The molecule has 0 bridgehead atoms. The van der Waals surface area contributed by atoms with Crippen molar-refractivity contribution in [3.63, 3.8) is 0 Å². The van der Waals surface area contributed by atoms with Gasteiger partial charge in [-0.15, -0.1) is 11.3 Å². The van der Waals surface area contributed by atoms with Crippen molar-refractivity contribution in [1.29, 1.82) is 0 Å². The molecule has 0 aliphatic carbocycles. The van der Waals surface area contributed by atoms with E-state index in [0.29, 0.717) is 0 Å². The summed E-state index contributed by atoms with van der Waals surface area (Å²) in [6.45, 7) is 4.28. The first-order chi connectivity index (χ1) is 15.7. The normalized spacial score (nSPS) is 11.7. The number of nitrogens with zero attached hydrogens (tertiary/aromatic N) is 2. The summed E-state index contributed by atoms with van der Waals surface area (Å²) in [7, 11) is 0. The highest BCUT2D eigenvalue weighted by molar-refractivity contribution is 7.16. The van der Waals surface area contributed by atoms with Gasteiger partial charge in [-0.2, -0.15) is 0 Å². The molecule has 156 valence electrons. The number of aromatic nitrogens is 2. The Morgan fingerprint density at radius 3 is 2.41 bits per heavy atom. The number of imidazole rings is 1. The van der Waals surface area contributed by atoms with Crippen LogP contribution in [0.3, 0.4) is 0 Å². The maximum Gasteiger partial charge on any atom is 0.140 e. The molecule has 1 N–H and O–H groups in total. The van der Waals surface area contributed by atoms with Crippen LogP contribution in [0.1, 0.15) is 34.5 Å². The van der Waals surface area contributed by atoms with Gasteiger partial charge in [0.05, 0.1) is 9.75 Å². The topological polar surface area (TPSA) is 29.3 Å². The Kier molecular flexibility index (Phi) is 5.49. The van der Waals surface area contributed by atoms with Crippen LogP contribution in [0.15, 0.2) is 91.1 Å². The summed E-state index contributed by atoms with van der Waals surface area (Å²) in [4.78, 5) is 7.10. The summed E-state index contributed by atoms with van der Waals surface area (Å²) in [5.74, 6) is 7.55. The number of hydrogen-bond acceptors (Lipinski definition) is 3. The van der Waals surface area contributed by atoms with E-state index in [0.717, 1.165) is 32.5 Å². The molecule has 0 aliphatic heterocycles. The van der Waals surface area contributed by atoms with Gasteiger partial charge >= 0.3 is 0 Å². The van der Waals surface area contributed by atoms with Crippen LogP contribution in [-0.4, -0.2) is 9.38 Å². The summed E-state index contributed by atoms with van der Waals surface area (Å²) < 4.78 is 2.15. The number of nitrogens with one attached hydrogen (secondary N) is 1. The zero-order valence-corrected chi connectivity index (χ0v) is 18.9. The van der Waals surface area contributed by atoms with Crippen molar-refractivity contribution >= 4 is 22.8 Å². The SMILES string of the molecule is Cc1ccc2nc(-c3ccc(C#Cc4ccccc4)s3)c(NC(C)c3ccccc3)n2c1. The van der Waals surface area contributed by atoms with Crippen molar-refractivity contribution in [2.24, 2.45) is 0 Å². The van der Waals surface area contributed by atoms with Gasteiger partial charge in [-0.25, -0.2) is 4.98 Å². The molecule has 0 radical (unpaired) electrons. The number of benzene rings is 2. The van der Waals surface area contributed by atoms with Crippen molar-refractivity contribution in [3.8, 4) is 22.4 Å². The molecule has 1 unspecified atom stereocenters. The summed E-state index contributed by atoms with van der Waals surface area (Å²) in [5, 5.41) is 3.71. The van der Waals surface area contributed by atoms with E-state index in [1.807, 2.05) is 36.4 Å². The molecular formula is C28H23N3S. The lowest BCUT2D eigenvalue weighted by molar-refractivity contribution is 0.871. The summed E-state index contributed by atoms with van der Waals surface area (Å²) in [6, 6.07) is 29.1. The molecular weight excluding hydrogens is 410 g/mol. The van der Waals surface area contributed by atoms with Crippen LogP contribution in [0, 0.1) is 18.8 Å². The Morgan fingerprint density at radius 1 is 0.875 bits per heavy atom. The van der Waals surface area contributed by atoms with Crippen molar-refractivity contribution < 1.29 is 0 Å². The van der Waals surface area contributed by atoms with Crippen LogP contribution in [0.25, 0.3) is 16.2 Å². The predicted molar refractivity (Wildman–Crippen MR) is 134 cm³/mol. The Balaban J connectivity index is 1.54. The minimum absolute atomic E-state index is 0.146. The summed E-state index contributed by atoms with van der Waals surface area (Å²) in [6.07, 6.45) is 2.13. The van der Waals surface area contributed by atoms with Crippen molar-refractivity contribution in [3.05, 3.63) is 113 Å². The molecule has 0 saturated heterocycles. The first kappa shape index (κ1) is 20.1. The van der Waals surface area contributed by atoms with Crippen molar-refractivity contribution in [2.75, 3.05) is 5.32 Å². The lowest BCUT2D eigenvalue weighted by atomic mass is 10.1. The zero-order chi connectivity index (χ0) is 21.9. The van der Waals surface area contributed by atoms with Crippen LogP contribution in [0.5, 0.6) is 0 Å². The summed E-state index contributed by atoms with van der Waals surface area (Å²) >= 11 is 1.67. The second kappa shape index (κ2) is 8.74. The maximum absolute atomic E-state index is 4.97. The van der Waals surface area contributed by atoms with Gasteiger partial charge in [-0.1, -0.05) is 66.4 Å². The Hall–Kier alpha value is -3.81. The van der Waals surface area contributed by atoms with Crippen molar-refractivity contribution in [2.45, 2.75) is 19.9 Å². The largest absolute Gasteiger partial charge is 0.363 e. The highest BCUT2D eigenvalue weighted by atomic mass is 32.1. The average Bonchev–Trinajstić information content (AvgIpc) is 3.44. The second-order valence-electron chi connectivity index (χ2n) is 7.80. The molecule has 5 aromatic rings. The van der Waals surface area contributed by atoms with Crippen LogP contribution >= 0.6 is 11.3 Å². The molecule has 0 aliphatic rings. The minimum atomic E-state index is 0.146. The smallest absolute Gasteiger partial charge is 0.140 e. The van der Waals surface area contributed by atoms with E-state index in [1.165, 1.54) is 11.1 Å². The quantitative estimate of drug-likeness (QED) is 0.311. The molecule has 32 heavy (non-hydrogen) atoms. The highest BCUT2D eigenvalue weighted by Gasteiger charge is 2.18. The van der Waals surface area contributed by atoms with Gasteiger partial charge in [0.25, 0.3) is 0 Å². The van der Waals surface area contributed by atoms with E-state index in [-0.39, 0.29) is 6.04 Å². The van der Waals surface area contributed by atoms with Gasteiger partial charge in [-0.3, -0.25) is 4.40 Å². The molecule has 0 saturated carbocycles. The lowest BCUT2D eigenvalue weighted by Gasteiger charge is -2.16. The first-order valence-corrected chi connectivity index (χ1v) is 11.5. The molecule has 0 fully saturated rings. The number of hydrogen-bond donors (Lipinski definition) is 1. The highest BCUT2D eigenvalue weighted by Crippen LogP contribution is 2.35. The van der Waals surface area contributed by atoms with E-state index in [9.17, 15) is 0 Å². The standard InChI is InChI=1S/C28H23N3S/c1-20-13-18-26-30-27(25-17-16-24(32-25)15-14-22-9-5-3-6-10-22)28(31(26)19-20)29-21(2)23-11-7-4-8-12-23/h3-13,16-19,21,29H,1-2H3. The molecule has 0 spiro atoms. The monoisotopic (exact) mass is 433 g/mol.